The fourth-order valence-corrected chi connectivity index (χ4v) is 2.60. The monoisotopic (exact) mass is 321 g/mol. The van der Waals surface area contributed by atoms with Crippen LogP contribution in [0.2, 0.25) is 0 Å². The van der Waals surface area contributed by atoms with Gasteiger partial charge in [-0.15, -0.1) is 0 Å². The van der Waals surface area contributed by atoms with E-state index in [0.29, 0.717) is 17.4 Å². The molecule has 3 aromatic rings. The van der Waals surface area contributed by atoms with Crippen molar-refractivity contribution < 1.29 is 4.79 Å². The van der Waals surface area contributed by atoms with E-state index in [-0.39, 0.29) is 18.0 Å². The molecule has 0 radical (unpaired) electrons. The van der Waals surface area contributed by atoms with Gasteiger partial charge in [0.05, 0.1) is 17.2 Å². The number of hydrogen-bond acceptors (Lipinski definition) is 3. The summed E-state index contributed by atoms with van der Waals surface area (Å²) in [7, 11) is 1.74. The summed E-state index contributed by atoms with van der Waals surface area (Å²) in [6.07, 6.45) is 1.44. The summed E-state index contributed by atoms with van der Waals surface area (Å²) < 4.78 is 1.37. The summed E-state index contributed by atoms with van der Waals surface area (Å²) in [5, 5.41) is 0.538. The van der Waals surface area contributed by atoms with E-state index in [1.165, 1.54) is 10.9 Å². The van der Waals surface area contributed by atoms with Crippen LogP contribution in [0.15, 0.2) is 59.7 Å². The first-order valence-corrected chi connectivity index (χ1v) is 7.78. The summed E-state index contributed by atoms with van der Waals surface area (Å²) in [4.78, 5) is 30.8. The molecule has 0 fully saturated rings. The Kier molecular flexibility index (Phi) is 4.42. The van der Waals surface area contributed by atoms with E-state index in [4.69, 9.17) is 0 Å². The lowest BCUT2D eigenvalue weighted by molar-refractivity contribution is -0.131. The second kappa shape index (κ2) is 6.66. The number of carbonyl (C=O) groups is 1. The maximum absolute atomic E-state index is 12.5. The van der Waals surface area contributed by atoms with Crippen LogP contribution in [0.3, 0.4) is 0 Å². The lowest BCUT2D eigenvalue weighted by Crippen LogP contribution is -2.33. The van der Waals surface area contributed by atoms with Gasteiger partial charge >= 0.3 is 0 Å². The topological polar surface area (TPSA) is 55.2 Å². The van der Waals surface area contributed by atoms with Crippen LogP contribution in [0.5, 0.6) is 0 Å². The number of benzene rings is 2. The minimum Gasteiger partial charge on any atom is -0.340 e. The molecule has 0 saturated carbocycles. The lowest BCUT2D eigenvalue weighted by Gasteiger charge is -2.18. The van der Waals surface area contributed by atoms with Crippen molar-refractivity contribution in [3.05, 3.63) is 76.3 Å². The van der Waals surface area contributed by atoms with Gasteiger partial charge in [-0.2, -0.15) is 0 Å². The van der Waals surface area contributed by atoms with E-state index in [2.05, 4.69) is 4.98 Å². The Bertz CT molecular complexity index is 932. The van der Waals surface area contributed by atoms with Crippen LogP contribution >= 0.6 is 0 Å². The third-order valence-electron chi connectivity index (χ3n) is 3.97. The minimum atomic E-state index is -0.190. The predicted octanol–water partition coefficient (Wildman–Crippen LogP) is 2.36. The van der Waals surface area contributed by atoms with Gasteiger partial charge in [0.1, 0.15) is 6.54 Å². The molecular formula is C19H19N3O2. The molecule has 0 aliphatic carbocycles. The zero-order chi connectivity index (χ0) is 17.1. The summed E-state index contributed by atoms with van der Waals surface area (Å²) >= 11 is 0. The standard InChI is InChI=1S/C19H19N3O2/c1-14-8-9-17-16(10-14)19(24)22(13-20-17)12-18(23)21(2)11-15-6-4-3-5-7-15/h3-10,13H,11-12H2,1-2H3. The van der Waals surface area contributed by atoms with Crippen molar-refractivity contribution in [2.24, 2.45) is 0 Å². The first kappa shape index (κ1) is 15.9. The van der Waals surface area contributed by atoms with E-state index in [9.17, 15) is 9.59 Å². The molecule has 122 valence electrons. The highest BCUT2D eigenvalue weighted by molar-refractivity contribution is 5.79. The molecule has 5 nitrogen and oxygen atoms in total. The van der Waals surface area contributed by atoms with E-state index in [1.54, 1.807) is 18.0 Å². The van der Waals surface area contributed by atoms with Gasteiger partial charge in [0.15, 0.2) is 0 Å². The normalized spacial score (nSPS) is 10.8. The van der Waals surface area contributed by atoms with Gasteiger partial charge in [-0.25, -0.2) is 4.98 Å². The minimum absolute atomic E-state index is 0.0148. The van der Waals surface area contributed by atoms with Gasteiger partial charge in [-0.3, -0.25) is 14.2 Å². The third-order valence-corrected chi connectivity index (χ3v) is 3.97. The number of aromatic nitrogens is 2. The predicted molar refractivity (Wildman–Crippen MR) is 93.7 cm³/mol. The molecular weight excluding hydrogens is 302 g/mol. The van der Waals surface area contributed by atoms with Crippen molar-refractivity contribution in [1.82, 2.24) is 14.5 Å². The van der Waals surface area contributed by atoms with Crippen molar-refractivity contribution in [3.63, 3.8) is 0 Å². The number of aryl methyl sites for hydroxylation is 1. The first-order valence-electron chi connectivity index (χ1n) is 7.78. The van der Waals surface area contributed by atoms with Crippen molar-refractivity contribution in [2.75, 3.05) is 7.05 Å². The number of carbonyl (C=O) groups excluding carboxylic acids is 1. The van der Waals surface area contributed by atoms with Crippen LogP contribution in [0.4, 0.5) is 0 Å². The molecule has 0 spiro atoms. The Balaban J connectivity index is 1.80. The third kappa shape index (κ3) is 3.35. The maximum Gasteiger partial charge on any atom is 0.261 e. The largest absolute Gasteiger partial charge is 0.340 e. The van der Waals surface area contributed by atoms with Crippen molar-refractivity contribution in [3.8, 4) is 0 Å². The number of amides is 1. The van der Waals surface area contributed by atoms with Crippen LogP contribution in [0, 0.1) is 6.92 Å². The second-order valence-corrected chi connectivity index (χ2v) is 5.93. The molecule has 24 heavy (non-hydrogen) atoms. The Morgan fingerprint density at radius 2 is 1.92 bits per heavy atom. The molecule has 2 aromatic carbocycles. The molecule has 1 heterocycles. The molecule has 3 rings (SSSR count). The van der Waals surface area contributed by atoms with Crippen LogP contribution < -0.4 is 5.56 Å². The van der Waals surface area contributed by atoms with Gasteiger partial charge in [0, 0.05) is 13.6 Å². The lowest BCUT2D eigenvalue weighted by atomic mass is 10.2. The Morgan fingerprint density at radius 3 is 2.67 bits per heavy atom. The molecule has 0 atom stereocenters. The average Bonchev–Trinajstić information content (AvgIpc) is 2.58. The Morgan fingerprint density at radius 1 is 1.17 bits per heavy atom. The Hall–Kier alpha value is -2.95. The number of likely N-dealkylation sites (N-methyl/N-ethyl adjacent to an activating group) is 1. The van der Waals surface area contributed by atoms with Crippen LogP contribution in [0.25, 0.3) is 10.9 Å². The van der Waals surface area contributed by atoms with Gasteiger partial charge in [0.25, 0.3) is 5.56 Å². The van der Waals surface area contributed by atoms with Crippen LogP contribution in [-0.4, -0.2) is 27.4 Å². The maximum atomic E-state index is 12.5. The second-order valence-electron chi connectivity index (χ2n) is 5.93. The van der Waals surface area contributed by atoms with E-state index >= 15 is 0 Å². The number of rotatable bonds is 4. The van der Waals surface area contributed by atoms with Crippen LogP contribution in [0.1, 0.15) is 11.1 Å². The molecule has 0 N–H and O–H groups in total. The SMILES string of the molecule is Cc1ccc2ncn(CC(=O)N(C)Cc3ccccc3)c(=O)c2c1. The van der Waals surface area contributed by atoms with Gasteiger partial charge in [-0.05, 0) is 24.6 Å². The van der Waals surface area contributed by atoms with Crippen molar-refractivity contribution in [1.29, 1.82) is 0 Å². The van der Waals surface area contributed by atoms with E-state index in [1.807, 2.05) is 49.4 Å². The number of hydrogen-bond donors (Lipinski definition) is 0. The van der Waals surface area contributed by atoms with Gasteiger partial charge in [-0.1, -0.05) is 42.0 Å². The highest BCUT2D eigenvalue weighted by atomic mass is 16.2. The zero-order valence-electron chi connectivity index (χ0n) is 13.8. The first-order chi connectivity index (χ1) is 11.5. The quantitative estimate of drug-likeness (QED) is 0.741. The summed E-state index contributed by atoms with van der Waals surface area (Å²) in [6, 6.07) is 15.3. The number of fused-ring (bicyclic) bond motifs is 1. The highest BCUT2D eigenvalue weighted by Gasteiger charge is 2.12. The zero-order valence-corrected chi connectivity index (χ0v) is 13.8. The van der Waals surface area contributed by atoms with E-state index in [0.717, 1.165) is 11.1 Å². The summed E-state index contributed by atoms with van der Waals surface area (Å²) in [5.41, 5.74) is 2.50. The average molecular weight is 321 g/mol. The van der Waals surface area contributed by atoms with Crippen molar-refractivity contribution in [2.45, 2.75) is 20.0 Å². The molecule has 0 unspecified atom stereocenters. The number of nitrogens with zero attached hydrogens (tertiary/aromatic N) is 3. The van der Waals surface area contributed by atoms with E-state index < -0.39 is 0 Å². The van der Waals surface area contributed by atoms with Gasteiger partial charge < -0.3 is 4.90 Å². The van der Waals surface area contributed by atoms with Gasteiger partial charge in [0.2, 0.25) is 5.91 Å². The Labute approximate surface area is 140 Å². The fraction of sp³-hybridized carbons (Fsp3) is 0.211. The smallest absolute Gasteiger partial charge is 0.261 e. The molecule has 1 aromatic heterocycles. The summed E-state index contributed by atoms with van der Waals surface area (Å²) in [5.74, 6) is -0.130. The molecule has 0 aliphatic rings. The van der Waals surface area contributed by atoms with Crippen LogP contribution in [-0.2, 0) is 17.9 Å². The molecule has 0 aliphatic heterocycles. The molecule has 1 amide bonds. The molecule has 0 bridgehead atoms. The fourth-order valence-electron chi connectivity index (χ4n) is 2.60. The molecule has 0 saturated heterocycles. The van der Waals surface area contributed by atoms with Crippen molar-refractivity contribution >= 4 is 16.8 Å². The molecule has 5 heteroatoms. The highest BCUT2D eigenvalue weighted by Crippen LogP contribution is 2.09. The summed E-state index contributed by atoms with van der Waals surface area (Å²) in [6.45, 7) is 2.42.